The van der Waals surface area contributed by atoms with Gasteiger partial charge in [-0.2, -0.15) is 0 Å². The molecule has 0 aliphatic heterocycles. The number of carbonyl (C=O) groups excluding carboxylic acids is 2. The molecule has 0 fully saturated rings. The van der Waals surface area contributed by atoms with E-state index in [2.05, 4.69) is 38.1 Å². The number of guanidine groups is 1. The predicted molar refractivity (Wildman–Crippen MR) is 231 cm³/mol. The summed E-state index contributed by atoms with van der Waals surface area (Å²) in [6.07, 6.45) is -5.64. The largest absolute Gasteiger partial charge is 0.394 e. The number of nitrogens with one attached hydrogen (secondary N) is 4. The Kier molecular flexibility index (Phi) is 22.1. The van der Waals surface area contributed by atoms with Gasteiger partial charge in [-0.3, -0.25) is 25.2 Å². The highest BCUT2D eigenvalue weighted by molar-refractivity contribution is 6.31. The second-order valence-corrected chi connectivity index (χ2v) is 16.1. The van der Waals surface area contributed by atoms with Crippen molar-refractivity contribution < 1.29 is 55.5 Å². The molecule has 1 aliphatic carbocycles. The molecule has 21 nitrogen and oxygen atoms in total. The second kappa shape index (κ2) is 26.1. The number of nitrogens with zero attached hydrogens (tertiary/aromatic N) is 3. The number of aryl methyl sites for hydroxylation is 2. The number of benzene rings is 1. The highest BCUT2D eigenvalue weighted by atomic mass is 35.5. The fraction of sp³-hybridized carbons (Fsp3) is 0.675. The van der Waals surface area contributed by atoms with Gasteiger partial charge in [0.15, 0.2) is 28.4 Å². The van der Waals surface area contributed by atoms with Crippen molar-refractivity contribution in [2.24, 2.45) is 5.73 Å². The van der Waals surface area contributed by atoms with Crippen LogP contribution in [0.15, 0.2) is 12.1 Å². The zero-order chi connectivity index (χ0) is 46.1. The Hall–Kier alpha value is -3.84. The highest BCUT2D eigenvalue weighted by Crippen LogP contribution is 2.30. The van der Waals surface area contributed by atoms with Gasteiger partial charge in [-0.15, -0.1) is 0 Å². The molecule has 1 aliphatic rings. The van der Waals surface area contributed by atoms with E-state index in [4.69, 9.17) is 39.3 Å². The van der Waals surface area contributed by atoms with Crippen LogP contribution >= 0.6 is 11.6 Å². The summed E-state index contributed by atoms with van der Waals surface area (Å²) in [7, 11) is 0. The molecule has 9 atom stereocenters. The maximum Gasteiger partial charge on any atom is 0.280 e. The number of carbonyl (C=O) groups is 2. The molecule has 22 heteroatoms. The first kappa shape index (κ1) is 52.5. The first-order valence-corrected chi connectivity index (χ1v) is 21.4. The molecule has 0 saturated carbocycles. The number of aliphatic hydroxyl groups is 9. The van der Waals surface area contributed by atoms with E-state index >= 15 is 0 Å². The van der Waals surface area contributed by atoms with Crippen LogP contribution in [-0.2, 0) is 30.5 Å². The Bertz CT molecular complexity index is 1720. The molecule has 1 aromatic carbocycles. The topological polar surface area (TPSA) is 383 Å². The fourth-order valence-corrected chi connectivity index (χ4v) is 7.58. The summed E-state index contributed by atoms with van der Waals surface area (Å²) in [6.45, 7) is 0.874. The van der Waals surface area contributed by atoms with Gasteiger partial charge in [0, 0.05) is 19.6 Å². The summed E-state index contributed by atoms with van der Waals surface area (Å²) in [5.41, 5.74) is 21.8. The van der Waals surface area contributed by atoms with Gasteiger partial charge in [-0.25, -0.2) is 9.97 Å². The molecular formula is C40H67ClN10O11. The number of primary amides is 1. The zero-order valence-corrected chi connectivity index (χ0v) is 35.9. The van der Waals surface area contributed by atoms with Crippen LogP contribution in [-0.4, -0.2) is 173 Å². The van der Waals surface area contributed by atoms with Crippen molar-refractivity contribution in [3.8, 4) is 0 Å². The third kappa shape index (κ3) is 15.7. The summed E-state index contributed by atoms with van der Waals surface area (Å²) in [5, 5.41) is 108. The lowest BCUT2D eigenvalue weighted by molar-refractivity contribution is -0.127. The van der Waals surface area contributed by atoms with Gasteiger partial charge in [0.05, 0.1) is 31.0 Å². The van der Waals surface area contributed by atoms with Gasteiger partial charge in [-0.05, 0) is 106 Å². The quantitative estimate of drug-likeness (QED) is 0.0239. The number of amides is 2. The summed E-state index contributed by atoms with van der Waals surface area (Å²) >= 11 is 5.85. The van der Waals surface area contributed by atoms with E-state index in [-0.39, 0.29) is 61.0 Å². The third-order valence-electron chi connectivity index (χ3n) is 11.1. The van der Waals surface area contributed by atoms with Crippen molar-refractivity contribution in [3.63, 3.8) is 0 Å². The molecule has 62 heavy (non-hydrogen) atoms. The number of nitrogens with two attached hydrogens (primary N) is 3. The van der Waals surface area contributed by atoms with Crippen LogP contribution in [0.25, 0.3) is 0 Å². The van der Waals surface area contributed by atoms with E-state index in [9.17, 15) is 50.4 Å². The minimum Gasteiger partial charge on any atom is -0.394 e. The van der Waals surface area contributed by atoms with Gasteiger partial charge in [0.25, 0.3) is 5.91 Å². The van der Waals surface area contributed by atoms with Crippen molar-refractivity contribution in [1.82, 2.24) is 30.8 Å². The normalized spacial score (nSPS) is 17.2. The first-order valence-electron chi connectivity index (χ1n) is 21.0. The highest BCUT2D eigenvalue weighted by Gasteiger charge is 2.34. The lowest BCUT2D eigenvalue weighted by Gasteiger charge is -2.33. The van der Waals surface area contributed by atoms with Gasteiger partial charge in [-0.1, -0.05) is 30.7 Å². The number of hydrogen-bond donors (Lipinski definition) is 16. The summed E-state index contributed by atoms with van der Waals surface area (Å²) in [6, 6.07) is 3.54. The van der Waals surface area contributed by atoms with E-state index in [1.54, 1.807) is 6.92 Å². The second-order valence-electron chi connectivity index (χ2n) is 15.8. The minimum atomic E-state index is -1.88. The Labute approximate surface area is 366 Å². The molecular weight excluding hydrogens is 832 g/mol. The van der Waals surface area contributed by atoms with Crippen molar-refractivity contribution in [3.05, 3.63) is 45.2 Å². The van der Waals surface area contributed by atoms with Crippen LogP contribution in [0.3, 0.4) is 0 Å². The third-order valence-corrected chi connectivity index (χ3v) is 11.4. The first-order chi connectivity index (χ1) is 29.4. The standard InChI is InChI=1S/C40H67ClN10O11/c1-2-26(53)31(57)32(58)27(54)18-51(19-28(55)33(59)34(60)29(56)20-52)17-7-16-46-25(38(44)61)14-13-22-12-11-21(23-9-3-4-10-24(22)23)8-5-6-15-47-40(45)50-39(62)30-36(42)49-37(43)35(41)48-30/h11-12,25-29,31-34,46,52-60H,2-10,13-20H2,1H3,(H2,44,61)(H4,42,43,49)(H3,45,47,50,62)/t25-,26+,27-,28-,29+,31+,32+,33+,34+/m0/s1. The number of unbranched alkanes of at least 4 members (excludes halogenated alkanes) is 1. The smallest absolute Gasteiger partial charge is 0.280 e. The van der Waals surface area contributed by atoms with Crippen LogP contribution in [0.4, 0.5) is 11.6 Å². The lowest BCUT2D eigenvalue weighted by atomic mass is 9.82. The van der Waals surface area contributed by atoms with E-state index in [0.29, 0.717) is 25.8 Å². The molecule has 1 heterocycles. The monoisotopic (exact) mass is 898 g/mol. The minimum absolute atomic E-state index is 0.107. The average Bonchev–Trinajstić information content (AvgIpc) is 3.25. The molecule has 19 N–H and O–H groups in total. The van der Waals surface area contributed by atoms with Gasteiger partial charge >= 0.3 is 0 Å². The molecule has 350 valence electrons. The molecule has 0 radical (unpaired) electrons. The molecule has 1 aromatic heterocycles. The SMILES string of the molecule is CC[C@@H](O)[C@@H](O)[C@H](O)[C@@H](O)CN(CCCN[C@@H](CCc1ccc(CCCCNC(=N)NC(=O)c2nc(Cl)c(N)nc2N)c2c1CCCC2)C(N)=O)C[C@H](O)[C@@H](O)[C@H](O)[C@H](O)CO. The zero-order valence-electron chi connectivity index (χ0n) is 35.2. The Morgan fingerprint density at radius 3 is 1.94 bits per heavy atom. The van der Waals surface area contributed by atoms with Crippen LogP contribution in [0.2, 0.25) is 5.15 Å². The molecule has 0 saturated heterocycles. The number of anilines is 2. The maximum absolute atomic E-state index is 12.6. The van der Waals surface area contributed by atoms with Crippen molar-refractivity contribution >= 4 is 41.0 Å². The molecule has 2 aromatic rings. The average molecular weight is 899 g/mol. The summed E-state index contributed by atoms with van der Waals surface area (Å²) < 4.78 is 0. The lowest BCUT2D eigenvalue weighted by Crippen LogP contribution is -2.53. The van der Waals surface area contributed by atoms with Gasteiger partial charge < -0.3 is 73.8 Å². The van der Waals surface area contributed by atoms with Crippen molar-refractivity contribution in [1.29, 1.82) is 5.41 Å². The number of nitrogen functional groups attached to an aromatic ring is 2. The van der Waals surface area contributed by atoms with E-state index in [0.717, 1.165) is 50.5 Å². The van der Waals surface area contributed by atoms with Crippen molar-refractivity contribution in [2.45, 2.75) is 132 Å². The number of halogens is 1. The van der Waals surface area contributed by atoms with Crippen LogP contribution in [0.1, 0.15) is 84.6 Å². The molecule has 0 bridgehead atoms. The molecule has 0 spiro atoms. The summed E-state index contributed by atoms with van der Waals surface area (Å²) in [4.78, 5) is 34.1. The van der Waals surface area contributed by atoms with E-state index in [1.165, 1.54) is 21.6 Å². The van der Waals surface area contributed by atoms with Gasteiger partial charge in [0.1, 0.15) is 30.5 Å². The maximum atomic E-state index is 12.6. The predicted octanol–water partition coefficient (Wildman–Crippen LogP) is -3.19. The molecule has 3 rings (SSSR count). The van der Waals surface area contributed by atoms with Crippen molar-refractivity contribution in [2.75, 3.05) is 50.8 Å². The number of hydrogen-bond acceptors (Lipinski definition) is 18. The van der Waals surface area contributed by atoms with E-state index in [1.807, 2.05) is 0 Å². The van der Waals surface area contributed by atoms with E-state index < -0.39 is 73.3 Å². The number of rotatable bonds is 27. The van der Waals surface area contributed by atoms with Crippen LogP contribution in [0, 0.1) is 5.41 Å². The fourth-order valence-electron chi connectivity index (χ4n) is 7.45. The number of aromatic nitrogens is 2. The summed E-state index contributed by atoms with van der Waals surface area (Å²) in [5.74, 6) is -1.82. The number of aliphatic hydroxyl groups excluding tert-OH is 9. The molecule has 2 amide bonds. The number of fused-ring (bicyclic) bond motifs is 1. The Morgan fingerprint density at radius 1 is 0.806 bits per heavy atom. The van der Waals surface area contributed by atoms with Crippen LogP contribution < -0.4 is 33.2 Å². The van der Waals surface area contributed by atoms with Crippen LogP contribution in [0.5, 0.6) is 0 Å². The Morgan fingerprint density at radius 2 is 1.37 bits per heavy atom. The Balaban J connectivity index is 1.54. The van der Waals surface area contributed by atoms with Gasteiger partial charge in [0.2, 0.25) is 5.91 Å². The molecule has 0 unspecified atom stereocenters.